The summed E-state index contributed by atoms with van der Waals surface area (Å²) in [6.45, 7) is 2.66. The van der Waals surface area contributed by atoms with Gasteiger partial charge in [-0.3, -0.25) is 9.59 Å². The third kappa shape index (κ3) is 4.14. The molecule has 7 heteroatoms. The molecule has 3 rings (SSSR count). The molecule has 1 fully saturated rings. The highest BCUT2D eigenvalue weighted by atomic mass is 35.5. The molecule has 0 spiro atoms. The van der Waals surface area contributed by atoms with Crippen molar-refractivity contribution in [3.8, 4) is 5.75 Å². The number of amides is 2. The average Bonchev–Trinajstić information content (AvgIpc) is 3.02. The number of nitrogens with zero attached hydrogens (tertiary/aromatic N) is 1. The van der Waals surface area contributed by atoms with E-state index in [4.69, 9.17) is 16.3 Å². The lowest BCUT2D eigenvalue weighted by molar-refractivity contribution is -0.126. The van der Waals surface area contributed by atoms with Gasteiger partial charge < -0.3 is 20.3 Å². The highest BCUT2D eigenvalue weighted by Crippen LogP contribution is 2.35. The Balaban J connectivity index is 1.65. The number of ether oxygens (including phenoxy) is 1. The lowest BCUT2D eigenvalue weighted by atomic mass is 10.1. The summed E-state index contributed by atoms with van der Waals surface area (Å²) < 4.78 is 5.32. The summed E-state index contributed by atoms with van der Waals surface area (Å²) in [4.78, 5) is 26.4. The zero-order chi connectivity index (χ0) is 17.8. The molecule has 0 radical (unpaired) electrons. The molecule has 0 bridgehead atoms. The molecular formula is C18H22ClN3O3. The van der Waals surface area contributed by atoms with E-state index in [0.29, 0.717) is 29.5 Å². The van der Waals surface area contributed by atoms with E-state index in [9.17, 15) is 9.59 Å². The Labute approximate surface area is 152 Å². The van der Waals surface area contributed by atoms with Crippen molar-refractivity contribution in [1.29, 1.82) is 0 Å². The summed E-state index contributed by atoms with van der Waals surface area (Å²) in [7, 11) is 1.55. The number of methoxy groups -OCH3 is 1. The molecule has 1 saturated heterocycles. The molecule has 1 atom stereocenters. The van der Waals surface area contributed by atoms with Crippen LogP contribution in [0.15, 0.2) is 29.8 Å². The van der Waals surface area contributed by atoms with E-state index >= 15 is 0 Å². The quantitative estimate of drug-likeness (QED) is 0.782. The number of carbonyl (C=O) groups is 2. The van der Waals surface area contributed by atoms with Gasteiger partial charge in [-0.1, -0.05) is 23.3 Å². The zero-order valence-corrected chi connectivity index (χ0v) is 14.9. The second kappa shape index (κ2) is 7.89. The molecule has 1 aromatic rings. The van der Waals surface area contributed by atoms with Gasteiger partial charge in [0.2, 0.25) is 11.8 Å². The lowest BCUT2D eigenvalue weighted by Crippen LogP contribution is -2.35. The number of anilines is 1. The molecule has 0 aromatic heterocycles. The molecule has 1 aromatic carbocycles. The Morgan fingerprint density at radius 3 is 3.04 bits per heavy atom. The van der Waals surface area contributed by atoms with Crippen LogP contribution in [0.1, 0.15) is 12.8 Å². The second-order valence-electron chi connectivity index (χ2n) is 6.26. The third-order valence-corrected chi connectivity index (χ3v) is 4.81. The predicted molar refractivity (Wildman–Crippen MR) is 97.0 cm³/mol. The van der Waals surface area contributed by atoms with Gasteiger partial charge in [-0.25, -0.2) is 0 Å². The van der Waals surface area contributed by atoms with Crippen molar-refractivity contribution >= 4 is 29.1 Å². The van der Waals surface area contributed by atoms with Gasteiger partial charge in [-0.05, 0) is 31.2 Å². The zero-order valence-electron chi connectivity index (χ0n) is 14.2. The van der Waals surface area contributed by atoms with Gasteiger partial charge in [0.05, 0.1) is 18.7 Å². The largest absolute Gasteiger partial charge is 0.495 e. The Hall–Kier alpha value is -2.05. The van der Waals surface area contributed by atoms with Crippen LogP contribution in [-0.2, 0) is 9.59 Å². The van der Waals surface area contributed by atoms with E-state index in [1.165, 1.54) is 5.57 Å². The number of benzene rings is 1. The van der Waals surface area contributed by atoms with Crippen molar-refractivity contribution in [3.05, 3.63) is 34.9 Å². The second-order valence-corrected chi connectivity index (χ2v) is 6.69. The molecule has 6 nitrogen and oxygen atoms in total. The normalized spacial score (nSPS) is 20.4. The summed E-state index contributed by atoms with van der Waals surface area (Å²) in [6, 6.07) is 5.13. The number of hydrogen-bond donors (Lipinski definition) is 2. The predicted octanol–water partition coefficient (Wildman–Crippen LogP) is 1.74. The first-order valence-electron chi connectivity index (χ1n) is 8.38. The minimum absolute atomic E-state index is 0.0868. The molecule has 2 aliphatic rings. The third-order valence-electron chi connectivity index (χ3n) is 4.58. The number of halogens is 1. The highest BCUT2D eigenvalue weighted by Gasteiger charge is 2.36. The molecule has 1 unspecified atom stereocenters. The first-order chi connectivity index (χ1) is 12.1. The van der Waals surface area contributed by atoms with E-state index in [1.807, 2.05) is 0 Å². The van der Waals surface area contributed by atoms with Crippen molar-refractivity contribution in [1.82, 2.24) is 10.6 Å². The van der Waals surface area contributed by atoms with Crippen LogP contribution in [0.5, 0.6) is 5.75 Å². The van der Waals surface area contributed by atoms with E-state index in [1.54, 1.807) is 30.2 Å². The average molecular weight is 364 g/mol. The Morgan fingerprint density at radius 1 is 1.48 bits per heavy atom. The van der Waals surface area contributed by atoms with Crippen LogP contribution in [0.3, 0.4) is 0 Å². The van der Waals surface area contributed by atoms with Crippen molar-refractivity contribution in [2.45, 2.75) is 12.8 Å². The van der Waals surface area contributed by atoms with Crippen LogP contribution in [0.25, 0.3) is 0 Å². The van der Waals surface area contributed by atoms with Crippen LogP contribution in [0.2, 0.25) is 5.02 Å². The van der Waals surface area contributed by atoms with Crippen LogP contribution < -0.4 is 20.3 Å². The van der Waals surface area contributed by atoms with Gasteiger partial charge in [0.1, 0.15) is 5.75 Å². The fourth-order valence-electron chi connectivity index (χ4n) is 3.17. The molecule has 0 aliphatic carbocycles. The summed E-state index contributed by atoms with van der Waals surface area (Å²) in [5.74, 6) is 0.0234. The molecular weight excluding hydrogens is 342 g/mol. The van der Waals surface area contributed by atoms with Crippen LogP contribution >= 0.6 is 11.6 Å². The standard InChI is InChI=1S/C18H22ClN3O3/c1-25-16-3-2-14(19)9-15(16)22-11-13(8-17(22)23)18(24)21-10-12-4-6-20-7-5-12/h2-4,9,13,20H,5-8,10-11H2,1H3,(H,21,24). The summed E-state index contributed by atoms with van der Waals surface area (Å²) in [6.07, 6.45) is 3.24. The van der Waals surface area contributed by atoms with Crippen LogP contribution in [-0.4, -0.2) is 45.1 Å². The van der Waals surface area contributed by atoms with Gasteiger partial charge in [0.25, 0.3) is 0 Å². The van der Waals surface area contributed by atoms with Gasteiger partial charge >= 0.3 is 0 Å². The lowest BCUT2D eigenvalue weighted by Gasteiger charge is -2.20. The highest BCUT2D eigenvalue weighted by molar-refractivity contribution is 6.31. The van der Waals surface area contributed by atoms with E-state index in [2.05, 4.69) is 16.7 Å². The Kier molecular flexibility index (Phi) is 5.60. The van der Waals surface area contributed by atoms with E-state index in [0.717, 1.165) is 19.5 Å². The molecule has 2 aliphatic heterocycles. The number of rotatable bonds is 5. The van der Waals surface area contributed by atoms with Gasteiger partial charge in [-0.15, -0.1) is 0 Å². The fourth-order valence-corrected chi connectivity index (χ4v) is 3.33. The maximum absolute atomic E-state index is 12.4. The smallest absolute Gasteiger partial charge is 0.227 e. The van der Waals surface area contributed by atoms with E-state index < -0.39 is 0 Å². The van der Waals surface area contributed by atoms with Crippen molar-refractivity contribution in [2.24, 2.45) is 5.92 Å². The minimum atomic E-state index is -0.362. The molecule has 2 heterocycles. The fraction of sp³-hybridized carbons (Fsp3) is 0.444. The first kappa shape index (κ1) is 17.8. The Morgan fingerprint density at radius 2 is 2.32 bits per heavy atom. The summed E-state index contributed by atoms with van der Waals surface area (Å²) in [5, 5.41) is 6.72. The van der Waals surface area contributed by atoms with Crippen LogP contribution in [0, 0.1) is 5.92 Å². The van der Waals surface area contributed by atoms with Gasteiger partial charge in [-0.2, -0.15) is 0 Å². The summed E-state index contributed by atoms with van der Waals surface area (Å²) in [5.41, 5.74) is 1.83. The first-order valence-corrected chi connectivity index (χ1v) is 8.76. The van der Waals surface area contributed by atoms with Crippen LogP contribution in [0.4, 0.5) is 5.69 Å². The topological polar surface area (TPSA) is 70.7 Å². The minimum Gasteiger partial charge on any atom is -0.495 e. The number of hydrogen-bond acceptors (Lipinski definition) is 4. The van der Waals surface area contributed by atoms with Crippen molar-refractivity contribution in [3.63, 3.8) is 0 Å². The Bertz CT molecular complexity index is 705. The van der Waals surface area contributed by atoms with Crippen molar-refractivity contribution < 1.29 is 14.3 Å². The maximum atomic E-state index is 12.4. The monoisotopic (exact) mass is 363 g/mol. The molecule has 25 heavy (non-hydrogen) atoms. The van der Waals surface area contributed by atoms with Crippen molar-refractivity contribution in [2.75, 3.05) is 38.2 Å². The number of nitrogens with one attached hydrogen (secondary N) is 2. The van der Waals surface area contributed by atoms with Gasteiger partial charge in [0.15, 0.2) is 0 Å². The number of carbonyl (C=O) groups excluding carboxylic acids is 2. The van der Waals surface area contributed by atoms with E-state index in [-0.39, 0.29) is 24.2 Å². The molecule has 2 N–H and O–H groups in total. The SMILES string of the molecule is COc1ccc(Cl)cc1N1CC(C(=O)NCC2=CCNCC2)CC1=O. The molecule has 2 amide bonds. The molecule has 134 valence electrons. The molecule has 0 saturated carbocycles. The summed E-state index contributed by atoms with van der Waals surface area (Å²) >= 11 is 6.05. The van der Waals surface area contributed by atoms with Gasteiger partial charge in [0, 0.05) is 31.1 Å². The maximum Gasteiger partial charge on any atom is 0.227 e.